The first-order valence-electron chi connectivity index (χ1n) is 6.67. The van der Waals surface area contributed by atoms with Crippen LogP contribution < -0.4 is 0 Å². The molecule has 1 aromatic heterocycles. The van der Waals surface area contributed by atoms with Crippen molar-refractivity contribution >= 4 is 20.9 Å². The highest BCUT2D eigenvalue weighted by Gasteiger charge is 2.26. The Morgan fingerprint density at radius 1 is 1.09 bits per heavy atom. The van der Waals surface area contributed by atoms with Crippen LogP contribution in [0.4, 0.5) is 4.39 Å². The smallest absolute Gasteiger partial charge is 0.268 e. The van der Waals surface area contributed by atoms with Crippen molar-refractivity contribution in [3.63, 3.8) is 0 Å². The molecule has 0 bridgehead atoms. The Morgan fingerprint density at radius 3 is 2.36 bits per heavy atom. The Balaban J connectivity index is 2.36. The second-order valence-electron chi connectivity index (χ2n) is 5.02. The van der Waals surface area contributed by atoms with E-state index in [4.69, 9.17) is 0 Å². The second-order valence-corrected chi connectivity index (χ2v) is 6.81. The number of halogens is 1. The van der Waals surface area contributed by atoms with Crippen LogP contribution in [0.15, 0.2) is 53.4 Å². The van der Waals surface area contributed by atoms with Gasteiger partial charge in [0.2, 0.25) is 0 Å². The molecule has 0 atom stereocenters. The van der Waals surface area contributed by atoms with E-state index in [2.05, 4.69) is 0 Å². The molecule has 1 heterocycles. The van der Waals surface area contributed by atoms with Crippen LogP contribution in [0, 0.1) is 12.7 Å². The van der Waals surface area contributed by atoms with Crippen LogP contribution >= 0.6 is 0 Å². The minimum absolute atomic E-state index is 0.0496. The van der Waals surface area contributed by atoms with Gasteiger partial charge >= 0.3 is 0 Å². The molecule has 3 aromatic rings. The van der Waals surface area contributed by atoms with Gasteiger partial charge in [0.05, 0.1) is 22.7 Å². The molecule has 3 rings (SSSR count). The molecule has 0 aliphatic heterocycles. The molecule has 6 heteroatoms. The summed E-state index contributed by atoms with van der Waals surface area (Å²) in [6, 6.07) is 12.5. The van der Waals surface area contributed by atoms with Gasteiger partial charge in [0, 0.05) is 5.39 Å². The highest BCUT2D eigenvalue weighted by atomic mass is 32.2. The van der Waals surface area contributed by atoms with Gasteiger partial charge in [0.25, 0.3) is 10.0 Å². The van der Waals surface area contributed by atoms with Gasteiger partial charge in [-0.1, -0.05) is 29.8 Å². The van der Waals surface area contributed by atoms with Crippen molar-refractivity contribution < 1.29 is 17.9 Å². The molecular formula is C16H14FNO3S. The van der Waals surface area contributed by atoms with Crippen LogP contribution in [0.25, 0.3) is 10.9 Å². The Hall–Kier alpha value is -2.18. The predicted molar refractivity (Wildman–Crippen MR) is 81.6 cm³/mol. The number of aliphatic hydroxyl groups is 1. The van der Waals surface area contributed by atoms with Gasteiger partial charge in [0.1, 0.15) is 0 Å². The number of nitrogens with zero attached hydrogens (tertiary/aromatic N) is 1. The summed E-state index contributed by atoms with van der Waals surface area (Å²) in [5.41, 5.74) is 0.872. The lowest BCUT2D eigenvalue weighted by Crippen LogP contribution is -2.16. The van der Waals surface area contributed by atoms with Crippen LogP contribution in [0.1, 0.15) is 11.3 Å². The van der Waals surface area contributed by atoms with Crippen molar-refractivity contribution in [1.82, 2.24) is 3.97 Å². The summed E-state index contributed by atoms with van der Waals surface area (Å²) in [5, 5.41) is 9.60. The van der Waals surface area contributed by atoms with E-state index in [1.807, 2.05) is 6.92 Å². The summed E-state index contributed by atoms with van der Waals surface area (Å²) in [6.07, 6.45) is 0. The van der Waals surface area contributed by atoms with Gasteiger partial charge in [-0.3, -0.25) is 0 Å². The molecule has 0 amide bonds. The van der Waals surface area contributed by atoms with E-state index >= 15 is 0 Å². The molecule has 114 valence electrons. The van der Waals surface area contributed by atoms with Crippen molar-refractivity contribution in [1.29, 1.82) is 0 Å². The average molecular weight is 319 g/mol. The van der Waals surface area contributed by atoms with Crippen molar-refractivity contribution in [2.75, 3.05) is 0 Å². The van der Waals surface area contributed by atoms with E-state index in [9.17, 15) is 17.9 Å². The molecular weight excluding hydrogens is 305 g/mol. The van der Waals surface area contributed by atoms with Crippen LogP contribution in [-0.2, 0) is 16.6 Å². The van der Waals surface area contributed by atoms with Gasteiger partial charge in [-0.25, -0.2) is 16.8 Å². The summed E-state index contributed by atoms with van der Waals surface area (Å²) in [7, 11) is -3.99. The first-order chi connectivity index (χ1) is 10.5. The number of fused-ring (bicyclic) bond motifs is 1. The van der Waals surface area contributed by atoms with Crippen molar-refractivity contribution in [2.45, 2.75) is 18.4 Å². The molecule has 1 N–H and O–H groups in total. The SMILES string of the molecule is Cc1ccc(S(=O)(=O)n2c(CO)c(F)c3ccccc32)cc1. The minimum Gasteiger partial charge on any atom is -0.390 e. The van der Waals surface area contributed by atoms with E-state index in [1.54, 1.807) is 24.3 Å². The Kier molecular flexibility index (Phi) is 3.50. The van der Waals surface area contributed by atoms with Crippen LogP contribution in [0.2, 0.25) is 0 Å². The normalized spacial score (nSPS) is 12.0. The zero-order chi connectivity index (χ0) is 15.9. The van der Waals surface area contributed by atoms with E-state index < -0.39 is 22.4 Å². The zero-order valence-corrected chi connectivity index (χ0v) is 12.6. The third-order valence-electron chi connectivity index (χ3n) is 3.57. The summed E-state index contributed by atoms with van der Waals surface area (Å²) in [5.74, 6) is -0.714. The number of benzene rings is 2. The molecule has 0 aliphatic rings. The Morgan fingerprint density at radius 2 is 1.73 bits per heavy atom. The zero-order valence-electron chi connectivity index (χ0n) is 11.8. The molecule has 0 unspecified atom stereocenters. The largest absolute Gasteiger partial charge is 0.390 e. The van der Waals surface area contributed by atoms with Crippen LogP contribution in [0.3, 0.4) is 0 Å². The number of hydrogen-bond acceptors (Lipinski definition) is 3. The summed E-state index contributed by atoms with van der Waals surface area (Å²) < 4.78 is 40.9. The third kappa shape index (κ3) is 2.12. The number of aromatic nitrogens is 1. The predicted octanol–water partition coefficient (Wildman–Crippen LogP) is 2.82. The maximum Gasteiger partial charge on any atom is 0.268 e. The third-order valence-corrected chi connectivity index (χ3v) is 5.33. The second kappa shape index (κ2) is 5.23. The molecule has 0 fully saturated rings. The monoisotopic (exact) mass is 319 g/mol. The Labute approximate surface area is 127 Å². The molecule has 22 heavy (non-hydrogen) atoms. The maximum atomic E-state index is 14.4. The van der Waals surface area contributed by atoms with E-state index in [-0.39, 0.29) is 21.5 Å². The molecule has 0 aliphatic carbocycles. The lowest BCUT2D eigenvalue weighted by molar-refractivity contribution is 0.270. The van der Waals surface area contributed by atoms with E-state index in [0.717, 1.165) is 9.54 Å². The van der Waals surface area contributed by atoms with Gasteiger partial charge in [-0.15, -0.1) is 0 Å². The van der Waals surface area contributed by atoms with Crippen molar-refractivity contribution in [3.05, 3.63) is 65.6 Å². The van der Waals surface area contributed by atoms with Gasteiger partial charge in [-0.2, -0.15) is 0 Å². The fourth-order valence-electron chi connectivity index (χ4n) is 2.45. The van der Waals surface area contributed by atoms with Crippen LogP contribution in [-0.4, -0.2) is 17.5 Å². The molecule has 4 nitrogen and oxygen atoms in total. The first kappa shape index (κ1) is 14.7. The number of aryl methyl sites for hydroxylation is 1. The van der Waals surface area contributed by atoms with Gasteiger partial charge in [0.15, 0.2) is 5.82 Å². The first-order valence-corrected chi connectivity index (χ1v) is 8.11. The molecule has 0 saturated carbocycles. The molecule has 2 aromatic carbocycles. The highest BCUT2D eigenvalue weighted by molar-refractivity contribution is 7.90. The molecule has 0 saturated heterocycles. The number of para-hydroxylation sites is 1. The molecule has 0 spiro atoms. The van der Waals surface area contributed by atoms with Crippen molar-refractivity contribution in [2.24, 2.45) is 0 Å². The van der Waals surface area contributed by atoms with Crippen LogP contribution in [0.5, 0.6) is 0 Å². The van der Waals surface area contributed by atoms with E-state index in [0.29, 0.717) is 0 Å². The maximum absolute atomic E-state index is 14.4. The summed E-state index contributed by atoms with van der Waals surface area (Å²) >= 11 is 0. The summed E-state index contributed by atoms with van der Waals surface area (Å²) in [4.78, 5) is 0.0496. The molecule has 0 radical (unpaired) electrons. The quantitative estimate of drug-likeness (QED) is 0.807. The average Bonchev–Trinajstić information content (AvgIpc) is 2.81. The standard InChI is InChI=1S/C16H14FNO3S/c1-11-6-8-12(9-7-11)22(20,21)18-14-5-3-2-4-13(14)16(17)15(18)10-19/h2-9,19H,10H2,1H3. The highest BCUT2D eigenvalue weighted by Crippen LogP contribution is 2.29. The van der Waals surface area contributed by atoms with Gasteiger partial charge < -0.3 is 5.11 Å². The van der Waals surface area contributed by atoms with Gasteiger partial charge in [-0.05, 0) is 31.2 Å². The number of hydrogen-bond donors (Lipinski definition) is 1. The summed E-state index contributed by atoms with van der Waals surface area (Å²) in [6.45, 7) is 1.14. The van der Waals surface area contributed by atoms with Crippen molar-refractivity contribution in [3.8, 4) is 0 Å². The number of rotatable bonds is 3. The number of aliphatic hydroxyl groups excluding tert-OH is 1. The lowest BCUT2D eigenvalue weighted by atomic mass is 10.2. The Bertz CT molecular complexity index is 943. The fraction of sp³-hybridized carbons (Fsp3) is 0.125. The topological polar surface area (TPSA) is 59.3 Å². The minimum atomic E-state index is -3.99. The van der Waals surface area contributed by atoms with E-state index in [1.165, 1.54) is 24.3 Å². The lowest BCUT2D eigenvalue weighted by Gasteiger charge is -2.10. The fourth-order valence-corrected chi connectivity index (χ4v) is 3.99.